The van der Waals surface area contributed by atoms with Gasteiger partial charge in [0, 0.05) is 28.9 Å². The van der Waals surface area contributed by atoms with E-state index in [1.54, 1.807) is 16.7 Å². The van der Waals surface area contributed by atoms with Gasteiger partial charge in [-0.05, 0) is 30.3 Å². The second-order valence-electron chi connectivity index (χ2n) is 7.97. The Kier molecular flexibility index (Phi) is 8.81. The highest BCUT2D eigenvalue weighted by molar-refractivity contribution is 7.99. The van der Waals surface area contributed by atoms with Crippen LogP contribution in [0.15, 0.2) is 70.9 Å². The number of ether oxygens (including phenoxy) is 3. The predicted molar refractivity (Wildman–Crippen MR) is 148 cm³/mol. The number of phenols is 1. The van der Waals surface area contributed by atoms with Gasteiger partial charge in [-0.25, -0.2) is 5.43 Å². The van der Waals surface area contributed by atoms with Crippen LogP contribution in [-0.2, 0) is 4.79 Å². The molecule has 4 rings (SSSR count). The second kappa shape index (κ2) is 12.6. The molecule has 3 aromatic carbocycles. The summed E-state index contributed by atoms with van der Waals surface area (Å²) in [6.07, 6.45) is 1.12. The summed E-state index contributed by atoms with van der Waals surface area (Å²) >= 11 is 1.13. The normalized spacial score (nSPS) is 10.9. The number of methoxy groups -OCH3 is 3. The lowest BCUT2D eigenvalue weighted by Gasteiger charge is -2.15. The lowest BCUT2D eigenvalue weighted by Crippen LogP contribution is -2.20. The molecule has 206 valence electrons. The van der Waals surface area contributed by atoms with Crippen molar-refractivity contribution in [2.75, 3.05) is 27.1 Å². The van der Waals surface area contributed by atoms with E-state index in [4.69, 9.17) is 14.2 Å². The number of benzene rings is 3. The van der Waals surface area contributed by atoms with Crippen LogP contribution in [0.4, 0.5) is 5.69 Å². The molecule has 0 saturated carbocycles. The Bertz CT molecular complexity index is 1530. The molecule has 0 radical (unpaired) electrons. The largest absolute Gasteiger partial charge is 0.507 e. The van der Waals surface area contributed by atoms with Gasteiger partial charge in [-0.15, -0.1) is 10.2 Å². The van der Waals surface area contributed by atoms with Crippen molar-refractivity contribution in [2.45, 2.75) is 5.16 Å². The minimum absolute atomic E-state index is 0.0710. The number of aromatic nitrogens is 3. The Morgan fingerprint density at radius 2 is 1.77 bits per heavy atom. The molecule has 0 fully saturated rings. The van der Waals surface area contributed by atoms with Crippen LogP contribution in [0, 0.1) is 10.1 Å². The summed E-state index contributed by atoms with van der Waals surface area (Å²) in [5, 5.41) is 33.8. The van der Waals surface area contributed by atoms with Crippen LogP contribution in [0.25, 0.3) is 17.1 Å². The molecule has 1 heterocycles. The molecular formula is C26H24N6O7S. The standard InChI is InChI=1S/C26H24N6O7S/c1-37-21-12-16(13-22(38-2)24(21)39-3)25-29-30-26(31(25)18-7-5-4-6-8-18)40-15-23(34)28-27-14-17-11-19(32(35)36)9-10-20(17)33/h4-14,33H,15H2,1-3H3,(H,28,34)/b27-14-. The van der Waals surface area contributed by atoms with Crippen LogP contribution in [0.1, 0.15) is 5.56 Å². The summed E-state index contributed by atoms with van der Waals surface area (Å²) in [5.41, 5.74) is 3.61. The third kappa shape index (κ3) is 6.13. The maximum atomic E-state index is 12.5. The van der Waals surface area contributed by atoms with E-state index in [-0.39, 0.29) is 22.8 Å². The molecule has 0 unspecified atom stereocenters. The molecule has 0 aliphatic carbocycles. The van der Waals surface area contributed by atoms with E-state index in [1.807, 2.05) is 30.3 Å². The summed E-state index contributed by atoms with van der Waals surface area (Å²) in [5.74, 6) is 1.05. The minimum atomic E-state index is -0.596. The molecule has 0 bridgehead atoms. The molecular weight excluding hydrogens is 540 g/mol. The maximum Gasteiger partial charge on any atom is 0.270 e. The molecule has 14 heteroatoms. The number of hydrogen-bond acceptors (Lipinski definition) is 11. The van der Waals surface area contributed by atoms with Crippen molar-refractivity contribution in [3.63, 3.8) is 0 Å². The highest BCUT2D eigenvalue weighted by atomic mass is 32.2. The third-order valence-electron chi connectivity index (χ3n) is 5.52. The number of phenolic OH excluding ortho intramolecular Hbond substituents is 1. The van der Waals surface area contributed by atoms with Gasteiger partial charge in [0.1, 0.15) is 5.75 Å². The summed E-state index contributed by atoms with van der Waals surface area (Å²) in [6, 6.07) is 16.4. The summed E-state index contributed by atoms with van der Waals surface area (Å²) in [6.45, 7) is 0. The monoisotopic (exact) mass is 564 g/mol. The van der Waals surface area contributed by atoms with Gasteiger partial charge in [-0.2, -0.15) is 5.10 Å². The van der Waals surface area contributed by atoms with Gasteiger partial charge in [0.2, 0.25) is 5.75 Å². The number of rotatable bonds is 11. The fourth-order valence-corrected chi connectivity index (χ4v) is 4.41. The van der Waals surface area contributed by atoms with Crippen LogP contribution in [0.3, 0.4) is 0 Å². The molecule has 0 atom stereocenters. The fourth-order valence-electron chi connectivity index (χ4n) is 3.67. The van der Waals surface area contributed by atoms with Gasteiger partial charge in [0.05, 0.1) is 38.2 Å². The number of para-hydroxylation sites is 1. The smallest absolute Gasteiger partial charge is 0.270 e. The molecule has 13 nitrogen and oxygen atoms in total. The highest BCUT2D eigenvalue weighted by Gasteiger charge is 2.21. The molecule has 1 amide bonds. The quantitative estimate of drug-likeness (QED) is 0.118. The molecule has 40 heavy (non-hydrogen) atoms. The Hall–Kier alpha value is -5.11. The van der Waals surface area contributed by atoms with Crippen LogP contribution in [-0.4, -0.2) is 64.0 Å². The number of nitro benzene ring substituents is 1. The number of nitro groups is 1. The zero-order valence-electron chi connectivity index (χ0n) is 21.6. The van der Waals surface area contributed by atoms with Crippen LogP contribution in [0.2, 0.25) is 0 Å². The first-order chi connectivity index (χ1) is 19.4. The number of nitrogens with one attached hydrogen (secondary N) is 1. The zero-order valence-corrected chi connectivity index (χ0v) is 22.4. The SMILES string of the molecule is COc1cc(-c2nnc(SCC(=O)N/N=C\c3cc([N+](=O)[O-])ccc3O)n2-c2ccccc2)cc(OC)c1OC. The van der Waals surface area contributed by atoms with Gasteiger partial charge < -0.3 is 19.3 Å². The van der Waals surface area contributed by atoms with E-state index in [1.165, 1.54) is 27.4 Å². The molecule has 1 aromatic heterocycles. The number of thioether (sulfide) groups is 1. The first kappa shape index (κ1) is 27.9. The zero-order chi connectivity index (χ0) is 28.6. The summed E-state index contributed by atoms with van der Waals surface area (Å²) < 4.78 is 18.2. The molecule has 0 saturated heterocycles. The Morgan fingerprint density at radius 3 is 2.40 bits per heavy atom. The van der Waals surface area contributed by atoms with E-state index >= 15 is 0 Å². The van der Waals surface area contributed by atoms with E-state index in [0.717, 1.165) is 35.8 Å². The van der Waals surface area contributed by atoms with Gasteiger partial charge in [-0.3, -0.25) is 19.5 Å². The van der Waals surface area contributed by atoms with Crippen LogP contribution in [0.5, 0.6) is 23.0 Å². The van der Waals surface area contributed by atoms with E-state index in [0.29, 0.717) is 33.8 Å². The minimum Gasteiger partial charge on any atom is -0.507 e. The van der Waals surface area contributed by atoms with Crippen molar-refractivity contribution in [1.29, 1.82) is 0 Å². The van der Waals surface area contributed by atoms with Gasteiger partial charge in [-0.1, -0.05) is 30.0 Å². The van der Waals surface area contributed by atoms with Gasteiger partial charge in [0.25, 0.3) is 11.6 Å². The molecule has 0 spiro atoms. The van der Waals surface area contributed by atoms with Crippen LogP contribution >= 0.6 is 11.8 Å². The van der Waals surface area contributed by atoms with E-state index in [9.17, 15) is 20.0 Å². The predicted octanol–water partition coefficient (Wildman–Crippen LogP) is 3.82. The molecule has 2 N–H and O–H groups in total. The summed E-state index contributed by atoms with van der Waals surface area (Å²) in [4.78, 5) is 22.9. The highest BCUT2D eigenvalue weighted by Crippen LogP contribution is 2.41. The van der Waals surface area contributed by atoms with Crippen molar-refractivity contribution in [3.05, 3.63) is 76.3 Å². The first-order valence-corrected chi connectivity index (χ1v) is 12.6. The number of amides is 1. The van der Waals surface area contributed by atoms with E-state index < -0.39 is 10.8 Å². The van der Waals surface area contributed by atoms with Crippen molar-refractivity contribution < 1.29 is 29.0 Å². The van der Waals surface area contributed by atoms with Gasteiger partial charge in [0.15, 0.2) is 22.5 Å². The Morgan fingerprint density at radius 1 is 1.07 bits per heavy atom. The number of hydrazone groups is 1. The molecule has 4 aromatic rings. The topological polar surface area (TPSA) is 163 Å². The number of nitrogens with zero attached hydrogens (tertiary/aromatic N) is 5. The lowest BCUT2D eigenvalue weighted by molar-refractivity contribution is -0.384. The maximum absolute atomic E-state index is 12.5. The average molecular weight is 565 g/mol. The number of non-ortho nitro benzene ring substituents is 1. The average Bonchev–Trinajstić information content (AvgIpc) is 3.40. The lowest BCUT2D eigenvalue weighted by atomic mass is 10.1. The van der Waals surface area contributed by atoms with E-state index in [2.05, 4.69) is 20.7 Å². The summed E-state index contributed by atoms with van der Waals surface area (Å²) in [7, 11) is 4.56. The molecule has 0 aliphatic heterocycles. The number of carbonyl (C=O) groups excluding carboxylic acids is 1. The number of carbonyl (C=O) groups is 1. The third-order valence-corrected chi connectivity index (χ3v) is 6.45. The van der Waals surface area contributed by atoms with Crippen molar-refractivity contribution in [1.82, 2.24) is 20.2 Å². The fraction of sp³-hybridized carbons (Fsp3) is 0.154. The van der Waals surface area contributed by atoms with Crippen molar-refractivity contribution in [2.24, 2.45) is 5.10 Å². The Labute approximate surface area is 232 Å². The molecule has 0 aliphatic rings. The van der Waals surface area contributed by atoms with Crippen molar-refractivity contribution in [3.8, 4) is 40.1 Å². The van der Waals surface area contributed by atoms with Crippen LogP contribution < -0.4 is 19.6 Å². The Balaban J connectivity index is 1.57. The first-order valence-electron chi connectivity index (χ1n) is 11.6. The number of hydrogen-bond donors (Lipinski definition) is 2. The van der Waals surface area contributed by atoms with Gasteiger partial charge >= 0.3 is 0 Å². The number of aromatic hydroxyl groups is 1. The second-order valence-corrected chi connectivity index (χ2v) is 8.92. The van der Waals surface area contributed by atoms with Crippen molar-refractivity contribution >= 4 is 29.6 Å².